The van der Waals surface area contributed by atoms with Crippen LogP contribution in [-0.2, 0) is 6.18 Å². The van der Waals surface area contributed by atoms with Crippen LogP contribution in [0.15, 0.2) is 45.5 Å². The summed E-state index contributed by atoms with van der Waals surface area (Å²) in [6.45, 7) is 0. The third-order valence-electron chi connectivity index (χ3n) is 2.42. The first-order valence-electron chi connectivity index (χ1n) is 4.98. The fraction of sp³-hybridized carbons (Fsp3) is 0.167. The summed E-state index contributed by atoms with van der Waals surface area (Å²) in [5, 5.41) is 9.90. The highest BCUT2D eigenvalue weighted by molar-refractivity contribution is 9.10. The molecule has 0 saturated heterocycles. The summed E-state index contributed by atoms with van der Waals surface area (Å²) in [7, 11) is 0. The molecule has 0 aliphatic carbocycles. The molecule has 0 aliphatic rings. The zero-order valence-corrected chi connectivity index (χ0v) is 10.5. The lowest BCUT2D eigenvalue weighted by molar-refractivity contribution is -0.137. The van der Waals surface area contributed by atoms with Gasteiger partial charge >= 0.3 is 6.18 Å². The molecule has 18 heavy (non-hydrogen) atoms. The molecule has 1 N–H and O–H groups in total. The highest BCUT2D eigenvalue weighted by Gasteiger charge is 2.30. The van der Waals surface area contributed by atoms with Crippen molar-refractivity contribution in [3.63, 3.8) is 0 Å². The van der Waals surface area contributed by atoms with Gasteiger partial charge < -0.3 is 9.52 Å². The molecule has 0 fully saturated rings. The summed E-state index contributed by atoms with van der Waals surface area (Å²) >= 11 is 3.08. The minimum atomic E-state index is -4.38. The van der Waals surface area contributed by atoms with Crippen LogP contribution in [0.25, 0.3) is 0 Å². The third kappa shape index (κ3) is 2.76. The topological polar surface area (TPSA) is 33.4 Å². The van der Waals surface area contributed by atoms with E-state index in [-0.39, 0.29) is 5.76 Å². The highest BCUT2D eigenvalue weighted by Crippen LogP contribution is 2.31. The molecule has 1 aromatic heterocycles. The van der Waals surface area contributed by atoms with Gasteiger partial charge in [-0.1, -0.05) is 12.1 Å². The van der Waals surface area contributed by atoms with Crippen molar-refractivity contribution < 1.29 is 22.7 Å². The van der Waals surface area contributed by atoms with Crippen molar-refractivity contribution in [3.8, 4) is 0 Å². The molecular weight excluding hydrogens is 313 g/mol. The average molecular weight is 321 g/mol. The Kier molecular flexibility index (Phi) is 3.49. The Bertz CT molecular complexity index is 531. The van der Waals surface area contributed by atoms with Crippen molar-refractivity contribution in [2.24, 2.45) is 0 Å². The Labute approximate surface area is 109 Å². The standard InChI is InChI=1S/C12H8BrF3O2/c13-10-6-5-9(18-10)11(17)7-1-3-8(4-2-7)12(14,15)16/h1-6,11,17H. The van der Waals surface area contributed by atoms with E-state index in [4.69, 9.17) is 4.42 Å². The maximum absolute atomic E-state index is 12.4. The van der Waals surface area contributed by atoms with E-state index in [0.29, 0.717) is 10.2 Å². The normalized spacial score (nSPS) is 13.6. The van der Waals surface area contributed by atoms with E-state index in [9.17, 15) is 18.3 Å². The van der Waals surface area contributed by atoms with Gasteiger partial charge in [0.25, 0.3) is 0 Å². The van der Waals surface area contributed by atoms with E-state index >= 15 is 0 Å². The molecular formula is C12H8BrF3O2. The molecule has 1 heterocycles. The van der Waals surface area contributed by atoms with Crippen molar-refractivity contribution in [1.29, 1.82) is 0 Å². The molecule has 96 valence electrons. The van der Waals surface area contributed by atoms with E-state index < -0.39 is 17.8 Å². The van der Waals surface area contributed by atoms with Gasteiger partial charge in [0.1, 0.15) is 11.9 Å². The Hall–Kier alpha value is -1.27. The second-order valence-electron chi connectivity index (χ2n) is 3.66. The number of hydrogen-bond acceptors (Lipinski definition) is 2. The monoisotopic (exact) mass is 320 g/mol. The lowest BCUT2D eigenvalue weighted by Crippen LogP contribution is -2.05. The molecule has 1 unspecified atom stereocenters. The second kappa shape index (κ2) is 4.78. The number of alkyl halides is 3. The first kappa shape index (κ1) is 13.2. The molecule has 1 aromatic carbocycles. The first-order chi connectivity index (χ1) is 8.38. The van der Waals surface area contributed by atoms with Crippen molar-refractivity contribution in [1.82, 2.24) is 0 Å². The van der Waals surface area contributed by atoms with Crippen LogP contribution in [0.3, 0.4) is 0 Å². The van der Waals surface area contributed by atoms with Crippen LogP contribution in [0.5, 0.6) is 0 Å². The zero-order chi connectivity index (χ0) is 13.3. The largest absolute Gasteiger partial charge is 0.451 e. The van der Waals surface area contributed by atoms with Gasteiger partial charge in [0.05, 0.1) is 5.56 Å². The van der Waals surface area contributed by atoms with E-state index in [1.54, 1.807) is 12.1 Å². The summed E-state index contributed by atoms with van der Waals surface area (Å²) in [4.78, 5) is 0. The maximum Gasteiger partial charge on any atom is 0.416 e. The molecule has 0 amide bonds. The van der Waals surface area contributed by atoms with E-state index in [2.05, 4.69) is 15.9 Å². The predicted molar refractivity (Wildman–Crippen MR) is 61.9 cm³/mol. The van der Waals surface area contributed by atoms with E-state index in [1.807, 2.05) is 0 Å². The number of aliphatic hydroxyl groups is 1. The third-order valence-corrected chi connectivity index (χ3v) is 2.84. The Morgan fingerprint density at radius 1 is 1.06 bits per heavy atom. The van der Waals surface area contributed by atoms with Gasteiger partial charge in [0.15, 0.2) is 4.67 Å². The lowest BCUT2D eigenvalue weighted by atomic mass is 10.1. The molecule has 2 aromatic rings. The molecule has 2 rings (SSSR count). The summed E-state index contributed by atoms with van der Waals surface area (Å²) < 4.78 is 42.7. The Balaban J connectivity index is 2.24. The van der Waals surface area contributed by atoms with Crippen molar-refractivity contribution >= 4 is 15.9 Å². The summed E-state index contributed by atoms with van der Waals surface area (Å²) in [5.41, 5.74) is -0.413. The van der Waals surface area contributed by atoms with E-state index in [1.165, 1.54) is 12.1 Å². The first-order valence-corrected chi connectivity index (χ1v) is 5.77. The quantitative estimate of drug-likeness (QED) is 0.902. The summed E-state index contributed by atoms with van der Waals surface area (Å²) in [5.74, 6) is 0.265. The van der Waals surface area contributed by atoms with Gasteiger partial charge in [-0.25, -0.2) is 0 Å². The van der Waals surface area contributed by atoms with Crippen molar-refractivity contribution in [2.45, 2.75) is 12.3 Å². The maximum atomic E-state index is 12.4. The zero-order valence-electron chi connectivity index (χ0n) is 8.91. The van der Waals surface area contributed by atoms with Crippen molar-refractivity contribution in [3.05, 3.63) is 58.0 Å². The minimum Gasteiger partial charge on any atom is -0.451 e. The van der Waals surface area contributed by atoms with Crippen LogP contribution >= 0.6 is 15.9 Å². The number of benzene rings is 1. The molecule has 0 saturated carbocycles. The fourth-order valence-corrected chi connectivity index (χ4v) is 1.81. The van der Waals surface area contributed by atoms with Gasteiger partial charge in [0.2, 0.25) is 0 Å². The van der Waals surface area contributed by atoms with Crippen LogP contribution < -0.4 is 0 Å². The van der Waals surface area contributed by atoms with Crippen molar-refractivity contribution in [2.75, 3.05) is 0 Å². The summed E-state index contributed by atoms with van der Waals surface area (Å²) in [6, 6.07) is 7.45. The SMILES string of the molecule is OC(c1ccc(C(F)(F)F)cc1)c1ccc(Br)o1. The molecule has 1 atom stereocenters. The smallest absolute Gasteiger partial charge is 0.416 e. The molecule has 0 radical (unpaired) electrons. The van der Waals surface area contributed by atoms with Crippen LogP contribution in [0.4, 0.5) is 13.2 Å². The van der Waals surface area contributed by atoms with Gasteiger partial charge in [-0.3, -0.25) is 0 Å². The lowest BCUT2D eigenvalue weighted by Gasteiger charge is -2.10. The number of aliphatic hydroxyl groups excluding tert-OH is 1. The van der Waals surface area contributed by atoms with Gasteiger partial charge in [-0.15, -0.1) is 0 Å². The van der Waals surface area contributed by atoms with Crippen LogP contribution in [-0.4, -0.2) is 5.11 Å². The number of furan rings is 1. The molecule has 0 bridgehead atoms. The Morgan fingerprint density at radius 2 is 1.67 bits per heavy atom. The van der Waals surface area contributed by atoms with Crippen LogP contribution in [0, 0.1) is 0 Å². The predicted octanol–water partition coefficient (Wildman–Crippen LogP) is 4.14. The highest BCUT2D eigenvalue weighted by atomic mass is 79.9. The molecule has 2 nitrogen and oxygen atoms in total. The van der Waals surface area contributed by atoms with Gasteiger partial charge in [-0.2, -0.15) is 13.2 Å². The fourth-order valence-electron chi connectivity index (χ4n) is 1.49. The van der Waals surface area contributed by atoms with Gasteiger partial charge in [0, 0.05) is 0 Å². The number of rotatable bonds is 2. The number of halogens is 4. The average Bonchev–Trinajstić information content (AvgIpc) is 2.74. The Morgan fingerprint density at radius 3 is 2.11 bits per heavy atom. The van der Waals surface area contributed by atoms with Crippen LogP contribution in [0.2, 0.25) is 0 Å². The molecule has 0 aliphatic heterocycles. The second-order valence-corrected chi connectivity index (χ2v) is 4.45. The van der Waals surface area contributed by atoms with Crippen LogP contribution in [0.1, 0.15) is 23.0 Å². The molecule has 0 spiro atoms. The van der Waals surface area contributed by atoms with Gasteiger partial charge in [-0.05, 0) is 45.8 Å². The summed E-state index contributed by atoms with van der Waals surface area (Å²) in [6.07, 6.45) is -5.46. The molecule has 6 heteroatoms. The minimum absolute atomic E-state index is 0.265. The van der Waals surface area contributed by atoms with E-state index in [0.717, 1.165) is 12.1 Å². The number of hydrogen-bond donors (Lipinski definition) is 1.